The van der Waals surface area contributed by atoms with Crippen LogP contribution >= 0.6 is 0 Å². The minimum atomic E-state index is 0.455. The molecule has 1 aromatic rings. The van der Waals surface area contributed by atoms with E-state index in [2.05, 4.69) is 43.0 Å². The lowest BCUT2D eigenvalue weighted by molar-refractivity contribution is 0.263. The van der Waals surface area contributed by atoms with Crippen LogP contribution in [0.3, 0.4) is 0 Å². The summed E-state index contributed by atoms with van der Waals surface area (Å²) in [5.74, 6) is 1.77. The topological polar surface area (TPSA) is 63.4 Å². The highest BCUT2D eigenvalue weighted by molar-refractivity contribution is 5.53. The molecule has 19 heavy (non-hydrogen) atoms. The van der Waals surface area contributed by atoms with E-state index in [1.165, 1.54) is 0 Å². The number of anilines is 2. The number of nitrogens with one attached hydrogen (secondary N) is 1. The van der Waals surface area contributed by atoms with Crippen LogP contribution in [0.25, 0.3) is 0 Å². The summed E-state index contributed by atoms with van der Waals surface area (Å²) in [6.07, 6.45) is 0. The number of hydrogen-bond donors (Lipinski definition) is 2. The number of pyridine rings is 1. The highest BCUT2D eigenvalue weighted by Crippen LogP contribution is 2.21. The van der Waals surface area contributed by atoms with E-state index in [4.69, 9.17) is 10.5 Å². The van der Waals surface area contributed by atoms with Crippen LogP contribution in [0.2, 0.25) is 0 Å². The fourth-order valence-electron chi connectivity index (χ4n) is 1.44. The van der Waals surface area contributed by atoms with E-state index in [0.717, 1.165) is 25.5 Å². The molecule has 0 aliphatic rings. The Hall–Kier alpha value is -1.49. The molecule has 0 unspecified atom stereocenters. The van der Waals surface area contributed by atoms with Gasteiger partial charge >= 0.3 is 0 Å². The van der Waals surface area contributed by atoms with Crippen LogP contribution in [-0.2, 0) is 0 Å². The second kappa shape index (κ2) is 7.84. The largest absolute Gasteiger partial charge is 0.476 e. The van der Waals surface area contributed by atoms with Crippen LogP contribution in [0.5, 0.6) is 5.88 Å². The predicted molar refractivity (Wildman–Crippen MR) is 80.6 cm³/mol. The average Bonchev–Trinajstić information content (AvgIpc) is 2.38. The summed E-state index contributed by atoms with van der Waals surface area (Å²) in [7, 11) is 2.09. The second-order valence-electron chi connectivity index (χ2n) is 5.12. The Labute approximate surface area is 116 Å². The Balaban J connectivity index is 2.52. The first-order chi connectivity index (χ1) is 9.02. The fraction of sp³-hybridized carbons (Fsp3) is 0.643. The van der Waals surface area contributed by atoms with Gasteiger partial charge in [0.25, 0.3) is 0 Å². The molecule has 1 heterocycles. The molecule has 108 valence electrons. The smallest absolute Gasteiger partial charge is 0.239 e. The number of aromatic nitrogens is 1. The molecule has 0 spiro atoms. The van der Waals surface area contributed by atoms with Gasteiger partial charge in [-0.15, -0.1) is 0 Å². The summed E-state index contributed by atoms with van der Waals surface area (Å²) in [4.78, 5) is 6.63. The third kappa shape index (κ3) is 5.79. The lowest BCUT2D eigenvalue weighted by Gasteiger charge is -2.15. The van der Waals surface area contributed by atoms with Gasteiger partial charge in [0.1, 0.15) is 5.82 Å². The number of nitrogens with zero attached hydrogens (tertiary/aromatic N) is 2. The van der Waals surface area contributed by atoms with Crippen molar-refractivity contribution < 1.29 is 4.74 Å². The van der Waals surface area contributed by atoms with Gasteiger partial charge in [-0.05, 0) is 31.6 Å². The number of ether oxygens (including phenoxy) is 1. The normalized spacial score (nSPS) is 11.1. The monoisotopic (exact) mass is 266 g/mol. The van der Waals surface area contributed by atoms with Gasteiger partial charge in [-0.25, -0.2) is 0 Å². The van der Waals surface area contributed by atoms with Crippen molar-refractivity contribution in [1.82, 2.24) is 9.88 Å². The zero-order chi connectivity index (χ0) is 14.3. The Morgan fingerprint density at radius 3 is 2.79 bits per heavy atom. The lowest BCUT2D eigenvalue weighted by atomic mass is 10.2. The molecule has 0 radical (unpaired) electrons. The van der Waals surface area contributed by atoms with E-state index >= 15 is 0 Å². The van der Waals surface area contributed by atoms with Gasteiger partial charge in [-0.3, -0.25) is 0 Å². The zero-order valence-corrected chi connectivity index (χ0v) is 12.4. The molecule has 1 rings (SSSR count). The number of rotatable bonds is 8. The summed E-state index contributed by atoms with van der Waals surface area (Å²) in [5.41, 5.74) is 6.43. The Bertz CT molecular complexity index is 382. The number of hydrogen-bond acceptors (Lipinski definition) is 5. The molecule has 0 atom stereocenters. The molecule has 0 saturated carbocycles. The van der Waals surface area contributed by atoms with Crippen molar-refractivity contribution in [1.29, 1.82) is 0 Å². The molecule has 0 bridgehead atoms. The Morgan fingerprint density at radius 1 is 1.42 bits per heavy atom. The van der Waals surface area contributed by atoms with Gasteiger partial charge in [0.2, 0.25) is 5.88 Å². The molecule has 0 aromatic carbocycles. The summed E-state index contributed by atoms with van der Waals surface area (Å²) in [6, 6.07) is 3.71. The summed E-state index contributed by atoms with van der Waals surface area (Å²) in [5, 5.41) is 3.28. The Kier molecular flexibility index (Phi) is 6.42. The molecule has 5 heteroatoms. The first kappa shape index (κ1) is 15.6. The van der Waals surface area contributed by atoms with Crippen LogP contribution in [0.15, 0.2) is 12.1 Å². The lowest BCUT2D eigenvalue weighted by Crippen LogP contribution is -2.25. The van der Waals surface area contributed by atoms with Crippen molar-refractivity contribution in [2.45, 2.75) is 20.8 Å². The molecule has 0 fully saturated rings. The molecular formula is C14H26N4O. The molecule has 1 aromatic heterocycles. The van der Waals surface area contributed by atoms with Crippen molar-refractivity contribution in [3.8, 4) is 5.88 Å². The molecule has 5 nitrogen and oxygen atoms in total. The van der Waals surface area contributed by atoms with Crippen molar-refractivity contribution in [3.05, 3.63) is 12.1 Å². The van der Waals surface area contributed by atoms with Gasteiger partial charge < -0.3 is 20.7 Å². The summed E-state index contributed by atoms with van der Waals surface area (Å²) < 4.78 is 5.60. The van der Waals surface area contributed by atoms with Crippen molar-refractivity contribution in [3.63, 3.8) is 0 Å². The van der Waals surface area contributed by atoms with Crippen LogP contribution in [0.4, 0.5) is 11.5 Å². The SMILES string of the molecule is CCN(C)CCNc1ccc(N)c(OCC(C)C)n1. The maximum absolute atomic E-state index is 5.85. The van der Waals surface area contributed by atoms with E-state index in [1.54, 1.807) is 0 Å². The van der Waals surface area contributed by atoms with Crippen LogP contribution in [0.1, 0.15) is 20.8 Å². The average molecular weight is 266 g/mol. The van der Waals surface area contributed by atoms with E-state index < -0.39 is 0 Å². The molecule has 0 aliphatic heterocycles. The Morgan fingerprint density at radius 2 is 2.16 bits per heavy atom. The third-order valence-electron chi connectivity index (χ3n) is 2.78. The van der Waals surface area contributed by atoms with Gasteiger partial charge in [0, 0.05) is 13.1 Å². The van der Waals surface area contributed by atoms with E-state index in [1.807, 2.05) is 12.1 Å². The highest BCUT2D eigenvalue weighted by Gasteiger charge is 2.05. The number of likely N-dealkylation sites (N-methyl/N-ethyl adjacent to an activating group) is 1. The van der Waals surface area contributed by atoms with Gasteiger partial charge in [-0.1, -0.05) is 20.8 Å². The number of nitrogen functional groups attached to an aromatic ring is 1. The minimum absolute atomic E-state index is 0.455. The molecular weight excluding hydrogens is 240 g/mol. The van der Waals surface area contributed by atoms with Gasteiger partial charge in [-0.2, -0.15) is 4.98 Å². The standard InChI is InChI=1S/C14H26N4O/c1-5-18(4)9-8-16-13-7-6-12(15)14(17-13)19-10-11(2)3/h6-7,11H,5,8-10,15H2,1-4H3,(H,16,17). The molecule has 0 saturated heterocycles. The molecule has 0 amide bonds. The summed E-state index contributed by atoms with van der Waals surface area (Å²) >= 11 is 0. The van der Waals surface area contributed by atoms with Crippen LogP contribution in [-0.4, -0.2) is 43.2 Å². The fourth-order valence-corrected chi connectivity index (χ4v) is 1.44. The van der Waals surface area contributed by atoms with E-state index in [-0.39, 0.29) is 0 Å². The first-order valence-corrected chi connectivity index (χ1v) is 6.84. The van der Waals surface area contributed by atoms with Crippen molar-refractivity contribution in [2.24, 2.45) is 5.92 Å². The van der Waals surface area contributed by atoms with Crippen molar-refractivity contribution >= 4 is 11.5 Å². The van der Waals surface area contributed by atoms with Gasteiger partial charge in [0.05, 0.1) is 12.3 Å². The quantitative estimate of drug-likeness (QED) is 0.754. The van der Waals surface area contributed by atoms with E-state index in [9.17, 15) is 0 Å². The van der Waals surface area contributed by atoms with Crippen molar-refractivity contribution in [2.75, 3.05) is 44.3 Å². The highest BCUT2D eigenvalue weighted by atomic mass is 16.5. The zero-order valence-electron chi connectivity index (χ0n) is 12.4. The summed E-state index contributed by atoms with van der Waals surface area (Å²) in [6.45, 7) is 9.82. The minimum Gasteiger partial charge on any atom is -0.476 e. The molecule has 0 aliphatic carbocycles. The van der Waals surface area contributed by atoms with E-state index in [0.29, 0.717) is 24.1 Å². The molecule has 3 N–H and O–H groups in total. The maximum atomic E-state index is 5.85. The predicted octanol–water partition coefficient (Wildman–Crippen LogP) is 2.06. The number of nitrogens with two attached hydrogens (primary N) is 1. The first-order valence-electron chi connectivity index (χ1n) is 6.84. The third-order valence-corrected chi connectivity index (χ3v) is 2.78. The second-order valence-corrected chi connectivity index (χ2v) is 5.12. The van der Waals surface area contributed by atoms with Crippen LogP contribution < -0.4 is 15.8 Å². The maximum Gasteiger partial charge on any atom is 0.239 e. The van der Waals surface area contributed by atoms with Crippen LogP contribution in [0, 0.1) is 5.92 Å². The van der Waals surface area contributed by atoms with Gasteiger partial charge in [0.15, 0.2) is 0 Å².